The molecule has 8 aromatic heterocycles. The third kappa shape index (κ3) is 14.4. The summed E-state index contributed by atoms with van der Waals surface area (Å²) in [6.45, 7) is 0. The number of fused-ring (bicyclic) bond motifs is 22. The number of hydrogen-bond acceptors (Lipinski definition) is 8. The quantitative estimate of drug-likeness (QED) is 0.0937. The van der Waals surface area contributed by atoms with Crippen LogP contribution in [0.1, 0.15) is 0 Å². The first kappa shape index (κ1) is 86.3. The summed E-state index contributed by atoms with van der Waals surface area (Å²) in [7, 11) is 0. The summed E-state index contributed by atoms with van der Waals surface area (Å²) in [6.07, 6.45) is 0. The fourth-order valence-corrected chi connectivity index (χ4v) is 22.8. The van der Waals surface area contributed by atoms with E-state index in [4.69, 9.17) is 38.7 Å². The smallest absolute Gasteiger partial charge is 0.166 e. The van der Waals surface area contributed by atoms with Crippen molar-refractivity contribution in [2.45, 2.75) is 0 Å². The van der Waals surface area contributed by atoms with Crippen LogP contribution in [0.4, 0.5) is 0 Å². The van der Waals surface area contributed by atoms with E-state index >= 15 is 0 Å². The average Bonchev–Trinajstić information content (AvgIpc) is 1.54. The van der Waals surface area contributed by atoms with E-state index in [2.05, 4.69) is 516 Å². The molecule has 0 aliphatic carbocycles. The van der Waals surface area contributed by atoms with E-state index in [1.165, 1.54) is 10.8 Å². The Hall–Kier alpha value is -20.3. The maximum atomic E-state index is 7.52. The van der Waals surface area contributed by atoms with Gasteiger partial charge in [-0.25, -0.2) is 29.9 Å². The molecular formula is C138H86N10O2. The zero-order valence-corrected chi connectivity index (χ0v) is 80.9. The molecule has 30 aromatic rings. The van der Waals surface area contributed by atoms with Crippen molar-refractivity contribution in [3.05, 3.63) is 522 Å². The van der Waals surface area contributed by atoms with Gasteiger partial charge >= 0.3 is 0 Å². The second-order valence-electron chi connectivity index (χ2n) is 38.1. The first-order valence-electron chi connectivity index (χ1n) is 50.7. The van der Waals surface area contributed by atoms with Gasteiger partial charge in [-0.3, -0.25) is 0 Å². The summed E-state index contributed by atoms with van der Waals surface area (Å²) >= 11 is 0. The van der Waals surface area contributed by atoms with Gasteiger partial charge in [0.05, 0.1) is 66.9 Å². The molecule has 150 heavy (non-hydrogen) atoms. The van der Waals surface area contributed by atoms with E-state index in [1.807, 2.05) is 24.3 Å². The largest absolute Gasteiger partial charge is 0.452 e. The van der Waals surface area contributed by atoms with Crippen molar-refractivity contribution in [1.82, 2.24) is 48.2 Å². The van der Waals surface area contributed by atoms with Crippen LogP contribution in [0.5, 0.6) is 0 Å². The third-order valence-corrected chi connectivity index (χ3v) is 29.6. The van der Waals surface area contributed by atoms with Crippen LogP contribution in [-0.4, -0.2) is 48.2 Å². The Labute approximate surface area is 861 Å². The molecular weight excluding hydrogens is 1830 g/mol. The molecule has 0 bridgehead atoms. The predicted octanol–water partition coefficient (Wildman–Crippen LogP) is 35.9. The van der Waals surface area contributed by atoms with Crippen LogP contribution in [0.3, 0.4) is 0 Å². The summed E-state index contributed by atoms with van der Waals surface area (Å²) in [5.41, 5.74) is 34.4. The van der Waals surface area contributed by atoms with Gasteiger partial charge in [0.2, 0.25) is 0 Å². The zero-order valence-electron chi connectivity index (χ0n) is 80.9. The Kier molecular flexibility index (Phi) is 20.7. The first-order valence-corrected chi connectivity index (χ1v) is 50.7. The minimum atomic E-state index is 0.562. The van der Waals surface area contributed by atoms with Crippen molar-refractivity contribution in [1.29, 1.82) is 0 Å². The maximum Gasteiger partial charge on any atom is 0.166 e. The molecule has 8 heterocycles. The van der Waals surface area contributed by atoms with Crippen LogP contribution in [0.25, 0.3) is 289 Å². The molecule has 0 spiro atoms. The standard InChI is InChI=1S/2C69H43N5O/c1-4-20-44(21-5-1)47-26-18-28-49(42-47)67-70-68(50-29-19-27-48(43-50)45-22-6-2-7-23-45)72-69(71-67)58-33-13-17-37-62(58)74-61-36-16-12-32-53(61)55-39-41-57-56-40-38-54-52-31-11-15-35-60(52)73(63(54)65(56)75-66(57)64(55)74)59-34-14-10-30-51(59)46-24-8-3-9-25-46;1-4-20-44(21-5-1)45-36-38-48(39-37-45)67-70-68(57-30-11-10-26-49(57)46-22-6-2-7-23-46)72-69(71-67)58-31-15-19-35-62(58)74-61-34-18-14-29-52(61)54-41-43-56-55-42-40-53-51-28-13-17-33-60(51)73(63(53)65(55)75-66(56)64(54)74)59-32-16-12-27-50(59)47-24-8-3-9-25-47/h2*1-43H. The molecule has 0 amide bonds. The lowest BCUT2D eigenvalue weighted by molar-refractivity contribution is 0.673. The number of para-hydroxylation sites is 8. The molecule has 12 nitrogen and oxygen atoms in total. The molecule has 0 aliphatic rings. The Morgan fingerprint density at radius 2 is 0.340 bits per heavy atom. The van der Waals surface area contributed by atoms with Gasteiger partial charge in [0, 0.05) is 109 Å². The van der Waals surface area contributed by atoms with Crippen molar-refractivity contribution < 1.29 is 8.83 Å². The molecule has 0 fully saturated rings. The van der Waals surface area contributed by atoms with Crippen LogP contribution >= 0.6 is 0 Å². The number of benzene rings is 22. The normalized spacial score (nSPS) is 11.7. The van der Waals surface area contributed by atoms with Gasteiger partial charge in [-0.2, -0.15) is 0 Å². The number of rotatable bonds is 16. The highest BCUT2D eigenvalue weighted by Crippen LogP contribution is 2.51. The first-order chi connectivity index (χ1) is 74.4. The predicted molar refractivity (Wildman–Crippen MR) is 617 cm³/mol. The van der Waals surface area contributed by atoms with E-state index in [0.717, 1.165) is 243 Å². The topological polar surface area (TPSA) is 123 Å². The number of nitrogens with zero attached hydrogens (tertiary/aromatic N) is 10. The van der Waals surface area contributed by atoms with Crippen molar-refractivity contribution >= 4 is 131 Å². The Balaban J connectivity index is 0.000000141. The lowest BCUT2D eigenvalue weighted by Crippen LogP contribution is -2.04. The van der Waals surface area contributed by atoms with Gasteiger partial charge in [0.1, 0.15) is 0 Å². The highest BCUT2D eigenvalue weighted by molar-refractivity contribution is 6.29. The SMILES string of the molecule is c1ccc(-c2ccc(-c3nc(-c4ccccc4-c4ccccc4)nc(-c4ccccc4-n4c5ccccc5c5ccc6c7ccc8c9ccccc9n(-c9ccccc9-c9ccccc9)c8c7oc6c54)n3)cc2)cc1.c1ccc(-c2cccc(-c3nc(-c4cccc(-c5ccccc5)c4)nc(-c4ccccc4-n4c5ccccc5c5ccc6c7ccc8c9ccccc9n(-c9ccccc9-c9ccccc9)c8c7oc6c54)n3)c2)cc1. The summed E-state index contributed by atoms with van der Waals surface area (Å²) < 4.78 is 24.6. The Morgan fingerprint density at radius 3 is 0.687 bits per heavy atom. The zero-order chi connectivity index (χ0) is 98.8. The minimum Gasteiger partial charge on any atom is -0.452 e. The van der Waals surface area contributed by atoms with Crippen molar-refractivity contribution in [2.75, 3.05) is 0 Å². The van der Waals surface area contributed by atoms with Gasteiger partial charge in [0.15, 0.2) is 57.3 Å². The summed E-state index contributed by atoms with van der Waals surface area (Å²) in [5, 5.41) is 13.2. The Morgan fingerprint density at radius 1 is 0.127 bits per heavy atom. The van der Waals surface area contributed by atoms with Crippen molar-refractivity contribution in [2.24, 2.45) is 0 Å². The summed E-state index contributed by atoms with van der Waals surface area (Å²) in [5.74, 6) is 3.47. The van der Waals surface area contributed by atoms with E-state index in [9.17, 15) is 0 Å². The summed E-state index contributed by atoms with van der Waals surface area (Å²) in [4.78, 5) is 32.2. The van der Waals surface area contributed by atoms with Crippen LogP contribution in [0.2, 0.25) is 0 Å². The molecule has 12 heteroatoms. The molecule has 0 saturated carbocycles. The van der Waals surface area contributed by atoms with Crippen LogP contribution in [0.15, 0.2) is 531 Å². The van der Waals surface area contributed by atoms with Crippen molar-refractivity contribution in [3.8, 4) is 158 Å². The molecule has 0 aliphatic heterocycles. The highest BCUT2D eigenvalue weighted by Gasteiger charge is 2.31. The van der Waals surface area contributed by atoms with Crippen LogP contribution < -0.4 is 0 Å². The van der Waals surface area contributed by atoms with Gasteiger partial charge in [-0.05, 0) is 153 Å². The van der Waals surface area contributed by atoms with E-state index < -0.39 is 0 Å². The molecule has 0 unspecified atom stereocenters. The van der Waals surface area contributed by atoms with Gasteiger partial charge in [-0.15, -0.1) is 0 Å². The van der Waals surface area contributed by atoms with Gasteiger partial charge < -0.3 is 27.1 Å². The van der Waals surface area contributed by atoms with Gasteiger partial charge in [0.25, 0.3) is 0 Å². The summed E-state index contributed by atoms with van der Waals surface area (Å²) in [6, 6.07) is 184. The molecule has 700 valence electrons. The average molecular weight is 1920 g/mol. The van der Waals surface area contributed by atoms with Crippen LogP contribution in [0, 0.1) is 0 Å². The van der Waals surface area contributed by atoms with Gasteiger partial charge in [-0.1, -0.05) is 425 Å². The molecule has 22 aromatic carbocycles. The highest BCUT2D eigenvalue weighted by atomic mass is 16.3. The minimum absolute atomic E-state index is 0.562. The fourth-order valence-electron chi connectivity index (χ4n) is 22.8. The molecule has 0 atom stereocenters. The Bertz CT molecular complexity index is 10500. The lowest BCUT2D eigenvalue weighted by Gasteiger charge is -2.15. The van der Waals surface area contributed by atoms with E-state index in [-0.39, 0.29) is 0 Å². The second-order valence-corrected chi connectivity index (χ2v) is 38.1. The molecule has 0 saturated heterocycles. The molecule has 0 N–H and O–H groups in total. The second kappa shape index (κ2) is 35.9. The number of hydrogen-bond donors (Lipinski definition) is 0. The number of furan rings is 2. The molecule has 30 rings (SSSR count). The monoisotopic (exact) mass is 1910 g/mol. The lowest BCUT2D eigenvalue weighted by atomic mass is 9.99. The van der Waals surface area contributed by atoms with E-state index in [1.54, 1.807) is 0 Å². The number of aromatic nitrogens is 10. The fraction of sp³-hybridized carbons (Fsp3) is 0. The maximum absolute atomic E-state index is 7.52. The van der Waals surface area contributed by atoms with Crippen molar-refractivity contribution in [3.63, 3.8) is 0 Å². The van der Waals surface area contributed by atoms with Crippen LogP contribution in [-0.2, 0) is 0 Å². The molecule has 0 radical (unpaired) electrons. The third-order valence-electron chi connectivity index (χ3n) is 29.6. The van der Waals surface area contributed by atoms with E-state index in [0.29, 0.717) is 34.9 Å².